The molecule has 0 aromatic carbocycles. The van der Waals surface area contributed by atoms with E-state index in [1.807, 2.05) is 6.07 Å². The van der Waals surface area contributed by atoms with Gasteiger partial charge < -0.3 is 10.2 Å². The van der Waals surface area contributed by atoms with Crippen LogP contribution in [0.15, 0.2) is 24.4 Å². The van der Waals surface area contributed by atoms with Gasteiger partial charge in [-0.05, 0) is 30.4 Å². The maximum absolute atomic E-state index is 12.5. The van der Waals surface area contributed by atoms with E-state index in [0.29, 0.717) is 29.1 Å². The summed E-state index contributed by atoms with van der Waals surface area (Å²) in [4.78, 5) is 29.8. The highest BCUT2D eigenvalue weighted by Crippen LogP contribution is 2.19. The molecule has 3 aromatic heterocycles. The molecule has 0 spiro atoms. The molecule has 146 valence electrons. The number of amides is 1. The average Bonchev–Trinajstić information content (AvgIpc) is 2.73. The Labute approximate surface area is 186 Å². The van der Waals surface area contributed by atoms with E-state index in [1.54, 1.807) is 18.3 Å². The number of fused-ring (bicyclic) bond motifs is 1. The fraction of sp³-hybridized carbons (Fsp3) is 0.300. The molecule has 31 heavy (non-hydrogen) atoms. The summed E-state index contributed by atoms with van der Waals surface area (Å²) < 4.78 is 0. The number of anilines is 1. The van der Waals surface area contributed by atoms with Gasteiger partial charge >= 0.3 is 0 Å². The molecule has 11 heteroatoms. The van der Waals surface area contributed by atoms with Crippen LogP contribution in [0.4, 0.5) is 5.82 Å². The molecule has 7 nitrogen and oxygen atoms in total. The lowest BCUT2D eigenvalue weighted by Crippen LogP contribution is -2.47. The van der Waals surface area contributed by atoms with Gasteiger partial charge in [-0.25, -0.2) is 9.97 Å². The first-order chi connectivity index (χ1) is 14.8. The summed E-state index contributed by atoms with van der Waals surface area (Å²) in [6.45, 7) is 3.95. The SMILES string of the molecule is [B]c1nc([B])c(-c2ccc3cnc(NC(=O)CN4CCN(C)CC4)cc3n2)c([B])c1[B]. The van der Waals surface area contributed by atoms with Gasteiger partial charge in [0, 0.05) is 49.4 Å². The molecule has 0 unspecified atom stereocenters. The summed E-state index contributed by atoms with van der Waals surface area (Å²) >= 11 is 0. The molecular weight excluding hydrogens is 384 g/mol. The Morgan fingerprint density at radius 3 is 2.52 bits per heavy atom. The van der Waals surface area contributed by atoms with Crippen molar-refractivity contribution in [3.05, 3.63) is 24.4 Å². The highest BCUT2D eigenvalue weighted by molar-refractivity contribution is 6.59. The van der Waals surface area contributed by atoms with Crippen molar-refractivity contribution in [2.45, 2.75) is 0 Å². The zero-order valence-corrected chi connectivity index (χ0v) is 17.3. The number of pyridine rings is 3. The Kier molecular flexibility index (Phi) is 6.16. The second-order valence-corrected chi connectivity index (χ2v) is 7.67. The van der Waals surface area contributed by atoms with E-state index in [-0.39, 0.29) is 28.0 Å². The lowest BCUT2D eigenvalue weighted by Gasteiger charge is -2.31. The molecule has 1 aliphatic rings. The molecule has 0 saturated carbocycles. The smallest absolute Gasteiger partial charge is 0.239 e. The highest BCUT2D eigenvalue weighted by Gasteiger charge is 2.17. The Balaban J connectivity index is 1.57. The van der Waals surface area contributed by atoms with Crippen molar-refractivity contribution in [3.8, 4) is 11.3 Å². The highest BCUT2D eigenvalue weighted by atomic mass is 16.2. The first-order valence-electron chi connectivity index (χ1n) is 9.89. The van der Waals surface area contributed by atoms with Crippen molar-refractivity contribution >= 4 is 76.1 Å². The maximum atomic E-state index is 12.5. The van der Waals surface area contributed by atoms with Gasteiger partial charge in [0.2, 0.25) is 5.91 Å². The second-order valence-electron chi connectivity index (χ2n) is 7.67. The fourth-order valence-corrected chi connectivity index (χ4v) is 3.54. The molecule has 1 fully saturated rings. The van der Waals surface area contributed by atoms with E-state index in [4.69, 9.17) is 31.4 Å². The topological polar surface area (TPSA) is 74.2 Å². The van der Waals surface area contributed by atoms with Gasteiger partial charge in [-0.3, -0.25) is 14.7 Å². The lowest BCUT2D eigenvalue weighted by molar-refractivity contribution is -0.117. The molecule has 1 N–H and O–H groups in total. The molecular formula is C20H18B4N6O. The first kappa shape index (κ1) is 21.6. The molecule has 4 heterocycles. The summed E-state index contributed by atoms with van der Waals surface area (Å²) in [5, 5.41) is 3.65. The summed E-state index contributed by atoms with van der Waals surface area (Å²) in [5.41, 5.74) is 2.16. The molecule has 1 saturated heterocycles. The van der Waals surface area contributed by atoms with Crippen LogP contribution in [0.5, 0.6) is 0 Å². The molecule has 1 amide bonds. The van der Waals surface area contributed by atoms with E-state index in [9.17, 15) is 4.79 Å². The summed E-state index contributed by atoms with van der Waals surface area (Å²) in [7, 11) is 25.8. The monoisotopic (exact) mass is 402 g/mol. The molecule has 4 rings (SSSR count). The van der Waals surface area contributed by atoms with Crippen LogP contribution in [0.3, 0.4) is 0 Å². The third-order valence-corrected chi connectivity index (χ3v) is 5.39. The molecule has 1 aliphatic heterocycles. The van der Waals surface area contributed by atoms with Crippen molar-refractivity contribution in [1.29, 1.82) is 0 Å². The minimum atomic E-state index is -0.114. The van der Waals surface area contributed by atoms with Gasteiger partial charge in [-0.1, -0.05) is 10.9 Å². The van der Waals surface area contributed by atoms with Crippen molar-refractivity contribution in [3.63, 3.8) is 0 Å². The number of rotatable bonds is 4. The standard InChI is InChI=1S/C20H18B4N6O/c1-29-4-6-30(7-5-29)10-15(31)27-14-8-13-11(9-25-14)2-3-12(26-13)16-17(21)18(22)20(24)28-19(16)23/h2-3,8-9H,4-7,10H2,1H3,(H,25,27,31). The number of hydrogen-bond donors (Lipinski definition) is 1. The third-order valence-electron chi connectivity index (χ3n) is 5.39. The number of aromatic nitrogens is 3. The summed E-state index contributed by atoms with van der Waals surface area (Å²) in [6, 6.07) is 5.31. The van der Waals surface area contributed by atoms with Crippen LogP contribution in [0.2, 0.25) is 0 Å². The Bertz CT molecular complexity index is 1150. The Morgan fingerprint density at radius 2 is 1.77 bits per heavy atom. The van der Waals surface area contributed by atoms with E-state index < -0.39 is 0 Å². The maximum Gasteiger partial charge on any atom is 0.239 e. The summed E-state index contributed by atoms with van der Waals surface area (Å²) in [6.07, 6.45) is 1.65. The number of carbonyl (C=O) groups excluding carboxylic acids is 1. The molecule has 0 aliphatic carbocycles. The van der Waals surface area contributed by atoms with Gasteiger partial charge in [0.25, 0.3) is 0 Å². The van der Waals surface area contributed by atoms with E-state index in [0.717, 1.165) is 31.6 Å². The lowest BCUT2D eigenvalue weighted by atomic mass is 9.70. The second kappa shape index (κ2) is 8.85. The van der Waals surface area contributed by atoms with Crippen LogP contribution in [-0.2, 0) is 4.79 Å². The number of nitrogens with one attached hydrogen (secondary N) is 1. The van der Waals surface area contributed by atoms with Crippen LogP contribution in [0, 0.1) is 0 Å². The van der Waals surface area contributed by atoms with Gasteiger partial charge in [0.15, 0.2) is 0 Å². The molecule has 0 bridgehead atoms. The van der Waals surface area contributed by atoms with Crippen molar-refractivity contribution in [2.24, 2.45) is 0 Å². The van der Waals surface area contributed by atoms with Crippen LogP contribution in [-0.4, -0.2) is 102 Å². The zero-order valence-electron chi connectivity index (χ0n) is 17.3. The van der Waals surface area contributed by atoms with E-state index in [1.165, 1.54) is 0 Å². The minimum Gasteiger partial charge on any atom is -0.310 e. The number of likely N-dealkylation sites (N-methyl/N-ethyl adjacent to an activating group) is 1. The minimum absolute atomic E-state index is 0.0779. The van der Waals surface area contributed by atoms with E-state index >= 15 is 0 Å². The van der Waals surface area contributed by atoms with Crippen molar-refractivity contribution < 1.29 is 4.79 Å². The van der Waals surface area contributed by atoms with Crippen LogP contribution in [0.1, 0.15) is 0 Å². The number of carbonyl (C=O) groups is 1. The van der Waals surface area contributed by atoms with Crippen molar-refractivity contribution in [2.75, 3.05) is 45.1 Å². The summed E-state index contributed by atoms with van der Waals surface area (Å²) in [5.74, 6) is 0.309. The van der Waals surface area contributed by atoms with Gasteiger partial charge in [0.05, 0.1) is 17.8 Å². The largest absolute Gasteiger partial charge is 0.310 e. The average molecular weight is 402 g/mol. The van der Waals surface area contributed by atoms with Crippen LogP contribution >= 0.6 is 0 Å². The zero-order chi connectivity index (χ0) is 22.1. The van der Waals surface area contributed by atoms with Gasteiger partial charge in [0.1, 0.15) is 37.2 Å². The van der Waals surface area contributed by atoms with Gasteiger partial charge in [-0.15, -0.1) is 0 Å². The molecule has 8 radical (unpaired) electrons. The Hall–Kier alpha value is -2.64. The fourth-order valence-electron chi connectivity index (χ4n) is 3.54. The quantitative estimate of drug-likeness (QED) is 0.472. The predicted molar refractivity (Wildman–Crippen MR) is 127 cm³/mol. The molecule has 3 aromatic rings. The Morgan fingerprint density at radius 1 is 1.03 bits per heavy atom. The first-order valence-corrected chi connectivity index (χ1v) is 9.89. The predicted octanol–water partition coefficient (Wildman–Crippen LogP) is -2.95. The van der Waals surface area contributed by atoms with Crippen LogP contribution in [0.25, 0.3) is 22.2 Å². The van der Waals surface area contributed by atoms with Gasteiger partial charge in [-0.2, -0.15) is 0 Å². The van der Waals surface area contributed by atoms with Crippen molar-refractivity contribution in [1.82, 2.24) is 24.8 Å². The van der Waals surface area contributed by atoms with Crippen LogP contribution < -0.4 is 27.4 Å². The normalized spacial score (nSPS) is 15.3. The number of hydrogen-bond acceptors (Lipinski definition) is 6. The third kappa shape index (κ3) is 4.67. The number of piperazine rings is 1. The van der Waals surface area contributed by atoms with E-state index in [2.05, 4.69) is 37.1 Å². The number of nitrogens with zero attached hydrogens (tertiary/aromatic N) is 5. The molecule has 0 atom stereocenters.